The molecule has 1 aliphatic heterocycles. The quantitative estimate of drug-likeness (QED) is 0.755. The Morgan fingerprint density at radius 3 is 2.70 bits per heavy atom. The minimum Gasteiger partial charge on any atom is -0.440 e. The van der Waals surface area contributed by atoms with Gasteiger partial charge in [0, 0.05) is 12.0 Å². The fourth-order valence-electron chi connectivity index (χ4n) is 3.39. The van der Waals surface area contributed by atoms with E-state index in [4.69, 9.17) is 4.42 Å². The van der Waals surface area contributed by atoms with Gasteiger partial charge < -0.3 is 9.73 Å². The van der Waals surface area contributed by atoms with E-state index in [1.165, 1.54) is 6.07 Å². The van der Waals surface area contributed by atoms with E-state index in [2.05, 4.69) is 10.3 Å². The first-order valence-electron chi connectivity index (χ1n) is 8.91. The zero-order valence-corrected chi connectivity index (χ0v) is 14.6. The second-order valence-corrected chi connectivity index (χ2v) is 6.74. The Morgan fingerprint density at radius 2 is 1.96 bits per heavy atom. The Hall–Kier alpha value is -2.80. The summed E-state index contributed by atoms with van der Waals surface area (Å²) in [6, 6.07) is 10.8. The summed E-state index contributed by atoms with van der Waals surface area (Å²) in [5.41, 5.74) is 1.63. The zero-order valence-electron chi connectivity index (χ0n) is 14.6. The third-order valence-electron chi connectivity index (χ3n) is 4.82. The van der Waals surface area contributed by atoms with Gasteiger partial charge in [-0.25, -0.2) is 13.8 Å². The molecule has 1 fully saturated rings. The highest BCUT2D eigenvalue weighted by Crippen LogP contribution is 2.29. The van der Waals surface area contributed by atoms with Gasteiger partial charge in [0.15, 0.2) is 11.5 Å². The average molecular weight is 371 g/mol. The number of rotatable bonds is 4. The van der Waals surface area contributed by atoms with E-state index in [9.17, 15) is 13.6 Å². The predicted octanol–water partition coefficient (Wildman–Crippen LogP) is 3.92. The lowest BCUT2D eigenvalue weighted by Gasteiger charge is -2.29. The van der Waals surface area contributed by atoms with Gasteiger partial charge in [-0.15, -0.1) is 0 Å². The number of carbonyl (C=O) groups is 1. The number of hydrogen-bond acceptors (Lipinski definition) is 4. The lowest BCUT2D eigenvalue weighted by Crippen LogP contribution is -2.38. The molecule has 0 radical (unpaired) electrons. The van der Waals surface area contributed by atoms with E-state index in [0.29, 0.717) is 0 Å². The van der Waals surface area contributed by atoms with Crippen LogP contribution in [-0.4, -0.2) is 35.4 Å². The number of piperidine rings is 1. The molecule has 140 valence electrons. The van der Waals surface area contributed by atoms with Gasteiger partial charge >= 0.3 is 0 Å². The van der Waals surface area contributed by atoms with Crippen LogP contribution in [-0.2, 0) is 4.79 Å². The number of nitrogens with zero attached hydrogens (tertiary/aromatic N) is 2. The predicted molar refractivity (Wildman–Crippen MR) is 97.4 cm³/mol. The molecule has 1 N–H and O–H groups in total. The van der Waals surface area contributed by atoms with Crippen LogP contribution in [0.1, 0.15) is 24.7 Å². The molecule has 3 aromatic rings. The van der Waals surface area contributed by atoms with Crippen LogP contribution in [0.3, 0.4) is 0 Å². The summed E-state index contributed by atoms with van der Waals surface area (Å²) in [6.45, 7) is 1.61. The van der Waals surface area contributed by atoms with Crippen molar-refractivity contribution in [2.24, 2.45) is 0 Å². The average Bonchev–Trinajstić information content (AvgIpc) is 3.09. The number of fused-ring (bicyclic) bond motifs is 1. The summed E-state index contributed by atoms with van der Waals surface area (Å²) in [6.07, 6.45) is 1.68. The third-order valence-corrected chi connectivity index (χ3v) is 4.82. The van der Waals surface area contributed by atoms with Crippen LogP contribution in [0.2, 0.25) is 0 Å². The highest BCUT2D eigenvalue weighted by atomic mass is 19.1. The van der Waals surface area contributed by atoms with Crippen molar-refractivity contribution in [2.45, 2.75) is 18.8 Å². The van der Waals surface area contributed by atoms with Gasteiger partial charge in [0.05, 0.1) is 12.2 Å². The number of benzene rings is 2. The maximum absolute atomic E-state index is 13.6. The summed E-state index contributed by atoms with van der Waals surface area (Å²) in [4.78, 5) is 18.7. The molecule has 5 nitrogen and oxygen atoms in total. The SMILES string of the molecule is O=C(CN1CCC(c2nc3ccccc3o2)CC1)Nc1ccc(F)cc1F. The van der Waals surface area contributed by atoms with Crippen molar-refractivity contribution < 1.29 is 18.0 Å². The Labute approximate surface area is 155 Å². The van der Waals surface area contributed by atoms with Crippen molar-refractivity contribution in [3.63, 3.8) is 0 Å². The topological polar surface area (TPSA) is 58.4 Å². The minimum absolute atomic E-state index is 0.0113. The highest BCUT2D eigenvalue weighted by Gasteiger charge is 2.25. The Kier molecular flexibility index (Phi) is 4.85. The summed E-state index contributed by atoms with van der Waals surface area (Å²) in [5, 5.41) is 2.49. The number of likely N-dealkylation sites (tertiary alicyclic amines) is 1. The molecule has 1 aromatic heterocycles. The number of aromatic nitrogens is 1. The van der Waals surface area contributed by atoms with Crippen molar-refractivity contribution in [1.82, 2.24) is 9.88 Å². The minimum atomic E-state index is -0.780. The molecule has 4 rings (SSSR count). The number of hydrogen-bond donors (Lipinski definition) is 1. The molecule has 0 saturated carbocycles. The Morgan fingerprint density at radius 1 is 1.19 bits per heavy atom. The van der Waals surface area contributed by atoms with E-state index < -0.39 is 11.6 Å². The van der Waals surface area contributed by atoms with Crippen LogP contribution in [0.5, 0.6) is 0 Å². The van der Waals surface area contributed by atoms with E-state index in [1.54, 1.807) is 0 Å². The maximum atomic E-state index is 13.6. The van der Waals surface area contributed by atoms with Crippen LogP contribution < -0.4 is 5.32 Å². The van der Waals surface area contributed by atoms with Gasteiger partial charge in [-0.3, -0.25) is 9.69 Å². The smallest absolute Gasteiger partial charge is 0.238 e. The third kappa shape index (κ3) is 3.98. The van der Waals surface area contributed by atoms with Crippen molar-refractivity contribution in [2.75, 3.05) is 25.0 Å². The van der Waals surface area contributed by atoms with Gasteiger partial charge in [-0.05, 0) is 50.2 Å². The van der Waals surface area contributed by atoms with Crippen LogP contribution in [0.15, 0.2) is 46.9 Å². The lowest BCUT2D eigenvalue weighted by molar-refractivity contribution is -0.117. The summed E-state index contributed by atoms with van der Waals surface area (Å²) < 4.78 is 32.4. The van der Waals surface area contributed by atoms with Crippen molar-refractivity contribution >= 4 is 22.7 Å². The normalized spacial score (nSPS) is 15.9. The van der Waals surface area contributed by atoms with Gasteiger partial charge in [-0.2, -0.15) is 0 Å². The number of para-hydroxylation sites is 2. The van der Waals surface area contributed by atoms with Gasteiger partial charge in [0.1, 0.15) is 17.2 Å². The van der Waals surface area contributed by atoms with E-state index in [-0.39, 0.29) is 24.1 Å². The number of nitrogens with one attached hydrogen (secondary N) is 1. The van der Waals surface area contributed by atoms with E-state index in [0.717, 1.165) is 55.1 Å². The molecule has 2 heterocycles. The van der Waals surface area contributed by atoms with Crippen molar-refractivity contribution in [3.05, 3.63) is 60.0 Å². The number of anilines is 1. The zero-order chi connectivity index (χ0) is 18.8. The van der Waals surface area contributed by atoms with Gasteiger partial charge in [0.25, 0.3) is 0 Å². The fourth-order valence-corrected chi connectivity index (χ4v) is 3.39. The van der Waals surface area contributed by atoms with E-state index in [1.807, 2.05) is 29.2 Å². The number of oxazole rings is 1. The van der Waals surface area contributed by atoms with Crippen LogP contribution in [0.25, 0.3) is 11.1 Å². The molecule has 1 aliphatic rings. The van der Waals surface area contributed by atoms with Gasteiger partial charge in [0.2, 0.25) is 5.91 Å². The molecule has 2 aromatic carbocycles. The molecule has 0 bridgehead atoms. The Bertz CT molecular complexity index is 932. The lowest BCUT2D eigenvalue weighted by atomic mass is 9.97. The molecular weight excluding hydrogens is 352 g/mol. The molecule has 0 spiro atoms. The number of amides is 1. The number of carbonyl (C=O) groups excluding carboxylic acids is 1. The van der Waals surface area contributed by atoms with Crippen molar-refractivity contribution in [1.29, 1.82) is 0 Å². The fraction of sp³-hybridized carbons (Fsp3) is 0.300. The first-order valence-corrected chi connectivity index (χ1v) is 8.91. The standard InChI is InChI=1S/C20H19F2N3O2/c21-14-5-6-16(15(22)11-14)23-19(26)12-25-9-7-13(8-10-25)20-24-17-3-1-2-4-18(17)27-20/h1-6,11,13H,7-10,12H2,(H,23,26). The summed E-state index contributed by atoms with van der Waals surface area (Å²) in [5.74, 6) is -0.800. The second-order valence-electron chi connectivity index (χ2n) is 6.74. The molecule has 7 heteroatoms. The Balaban J connectivity index is 1.31. The summed E-state index contributed by atoms with van der Waals surface area (Å²) >= 11 is 0. The van der Waals surface area contributed by atoms with Crippen LogP contribution >= 0.6 is 0 Å². The number of halogens is 2. The second kappa shape index (κ2) is 7.44. The highest BCUT2D eigenvalue weighted by molar-refractivity contribution is 5.92. The molecule has 27 heavy (non-hydrogen) atoms. The molecular formula is C20H19F2N3O2. The molecule has 0 atom stereocenters. The first kappa shape index (κ1) is 17.6. The molecule has 0 aliphatic carbocycles. The maximum Gasteiger partial charge on any atom is 0.238 e. The van der Waals surface area contributed by atoms with Crippen molar-refractivity contribution in [3.8, 4) is 0 Å². The molecule has 1 amide bonds. The molecule has 1 saturated heterocycles. The molecule has 0 unspecified atom stereocenters. The van der Waals surface area contributed by atoms with E-state index >= 15 is 0 Å². The van der Waals surface area contributed by atoms with Gasteiger partial charge in [-0.1, -0.05) is 12.1 Å². The first-order chi connectivity index (χ1) is 13.1. The largest absolute Gasteiger partial charge is 0.440 e. The monoisotopic (exact) mass is 371 g/mol. The van der Waals surface area contributed by atoms with Crippen LogP contribution in [0.4, 0.5) is 14.5 Å². The van der Waals surface area contributed by atoms with Crippen LogP contribution in [0, 0.1) is 11.6 Å². The summed E-state index contributed by atoms with van der Waals surface area (Å²) in [7, 11) is 0.